The molecule has 0 spiro atoms. The number of hydrogen-bond donors (Lipinski definition) is 4. The lowest BCUT2D eigenvalue weighted by Gasteiger charge is -2.24. The number of nitrogens with zero attached hydrogens (tertiary/aromatic N) is 4. The summed E-state index contributed by atoms with van der Waals surface area (Å²) in [5, 5.41) is 3.27. The van der Waals surface area contributed by atoms with Crippen LogP contribution in [0.5, 0.6) is 0 Å². The number of aryl methyl sites for hydroxylation is 2. The Balaban J connectivity index is 1.26. The van der Waals surface area contributed by atoms with Crippen LogP contribution in [0.25, 0.3) is 0 Å². The van der Waals surface area contributed by atoms with Gasteiger partial charge in [-0.25, -0.2) is 14.4 Å². The van der Waals surface area contributed by atoms with Gasteiger partial charge in [-0.3, -0.25) is 15.5 Å². The number of aromatic nitrogens is 2. The van der Waals surface area contributed by atoms with E-state index in [1.54, 1.807) is 29.3 Å². The van der Waals surface area contributed by atoms with Crippen molar-refractivity contribution in [1.82, 2.24) is 19.8 Å². The number of benzene rings is 2. The van der Waals surface area contributed by atoms with Gasteiger partial charge in [0.1, 0.15) is 6.17 Å². The van der Waals surface area contributed by atoms with E-state index in [0.29, 0.717) is 42.5 Å². The number of hydrazine groups is 1. The fourth-order valence-electron chi connectivity index (χ4n) is 4.92. The molecular formula is C25H29FN8O. The molecule has 2 aliphatic rings. The summed E-state index contributed by atoms with van der Waals surface area (Å²) >= 11 is 0. The molecule has 6 N–H and O–H groups in total. The van der Waals surface area contributed by atoms with Gasteiger partial charge in [0.25, 0.3) is 5.91 Å². The Hall–Kier alpha value is -3.76. The molecule has 182 valence electrons. The number of nitrogens with one attached hydrogen (secondary N) is 2. The molecule has 5 rings (SSSR count). The summed E-state index contributed by atoms with van der Waals surface area (Å²) in [7, 11) is 0. The molecule has 0 saturated carbocycles. The van der Waals surface area contributed by atoms with Crippen LogP contribution in [0.2, 0.25) is 0 Å². The minimum Gasteiger partial charge on any atom is -0.397 e. The number of carbonyl (C=O) groups excluding carboxylic acids is 1. The Morgan fingerprint density at radius 3 is 2.60 bits per heavy atom. The number of nitrogens with two attached hydrogens (primary N) is 2. The average Bonchev–Trinajstić information content (AvgIpc) is 3.40. The van der Waals surface area contributed by atoms with E-state index < -0.39 is 12.2 Å². The first-order valence-electron chi connectivity index (χ1n) is 11.5. The SMILES string of the molecule is Cc1cc(C)cc(Nc2ncc3c(n2)CN(C2CN(C(=O)c4ccc(NN)c(N)c4)CC2F)C3)c1. The van der Waals surface area contributed by atoms with Crippen LogP contribution in [-0.2, 0) is 13.1 Å². The highest BCUT2D eigenvalue weighted by atomic mass is 19.1. The van der Waals surface area contributed by atoms with E-state index in [2.05, 4.69) is 26.8 Å². The number of hydrogen-bond acceptors (Lipinski definition) is 8. The lowest BCUT2D eigenvalue weighted by molar-refractivity contribution is 0.0775. The quantitative estimate of drug-likeness (QED) is 0.252. The van der Waals surface area contributed by atoms with E-state index >= 15 is 4.39 Å². The van der Waals surface area contributed by atoms with Gasteiger partial charge in [0.2, 0.25) is 5.95 Å². The largest absolute Gasteiger partial charge is 0.397 e. The van der Waals surface area contributed by atoms with Crippen molar-refractivity contribution in [3.63, 3.8) is 0 Å². The maximum Gasteiger partial charge on any atom is 0.254 e. The minimum atomic E-state index is -1.16. The van der Waals surface area contributed by atoms with Crippen LogP contribution in [-0.4, -0.2) is 51.0 Å². The molecule has 0 aliphatic carbocycles. The number of alkyl halides is 1. The lowest BCUT2D eigenvalue weighted by atomic mass is 10.1. The number of carbonyl (C=O) groups is 1. The molecule has 2 aliphatic heterocycles. The maximum atomic E-state index is 15.1. The van der Waals surface area contributed by atoms with Crippen molar-refractivity contribution in [2.24, 2.45) is 5.84 Å². The Morgan fingerprint density at radius 1 is 1.11 bits per heavy atom. The number of likely N-dealkylation sites (tertiary alicyclic amines) is 1. The molecule has 0 radical (unpaired) electrons. The highest BCUT2D eigenvalue weighted by Crippen LogP contribution is 2.30. The third-order valence-corrected chi connectivity index (χ3v) is 6.59. The second-order valence-corrected chi connectivity index (χ2v) is 9.31. The van der Waals surface area contributed by atoms with E-state index in [-0.39, 0.29) is 12.5 Å². The summed E-state index contributed by atoms with van der Waals surface area (Å²) < 4.78 is 15.1. The Morgan fingerprint density at radius 2 is 1.89 bits per heavy atom. The minimum absolute atomic E-state index is 0.0400. The van der Waals surface area contributed by atoms with Crippen molar-refractivity contribution >= 4 is 28.9 Å². The molecule has 9 nitrogen and oxygen atoms in total. The van der Waals surface area contributed by atoms with Crippen molar-refractivity contribution in [1.29, 1.82) is 0 Å². The standard InChI is InChI=1S/C25H29FN8O/c1-14-5-15(2)7-18(6-14)30-25-29-9-17-10-33(12-22(17)31-25)23-13-34(11-19(23)26)24(35)16-3-4-21(32-28)20(27)8-16/h3-9,19,23,32H,10-13,27-28H2,1-2H3,(H,29,30,31). The first-order valence-corrected chi connectivity index (χ1v) is 11.5. The molecule has 10 heteroatoms. The summed E-state index contributed by atoms with van der Waals surface area (Å²) in [4.78, 5) is 25.7. The van der Waals surface area contributed by atoms with Crippen LogP contribution in [0.4, 0.5) is 27.4 Å². The molecular weight excluding hydrogens is 447 g/mol. The van der Waals surface area contributed by atoms with Crippen LogP contribution >= 0.6 is 0 Å². The molecule has 1 aromatic heterocycles. The lowest BCUT2D eigenvalue weighted by Crippen LogP contribution is -2.38. The molecule has 0 bridgehead atoms. The molecule has 35 heavy (non-hydrogen) atoms. The van der Waals surface area contributed by atoms with E-state index in [9.17, 15) is 4.79 Å². The number of amides is 1. The predicted octanol–water partition coefficient (Wildman–Crippen LogP) is 2.88. The van der Waals surface area contributed by atoms with Crippen LogP contribution in [0.15, 0.2) is 42.6 Å². The van der Waals surface area contributed by atoms with E-state index in [4.69, 9.17) is 11.6 Å². The first-order chi connectivity index (χ1) is 16.8. The molecule has 1 fully saturated rings. The zero-order chi connectivity index (χ0) is 24.7. The van der Waals surface area contributed by atoms with Crippen LogP contribution in [0.3, 0.4) is 0 Å². The summed E-state index contributed by atoms with van der Waals surface area (Å²) in [5.41, 5.74) is 14.8. The van der Waals surface area contributed by atoms with Gasteiger partial charge in [0.15, 0.2) is 0 Å². The van der Waals surface area contributed by atoms with Crippen molar-refractivity contribution in [3.05, 3.63) is 70.5 Å². The molecule has 1 saturated heterocycles. The number of rotatable bonds is 5. The van der Waals surface area contributed by atoms with Crippen LogP contribution in [0.1, 0.15) is 32.7 Å². The van der Waals surface area contributed by atoms with Gasteiger partial charge >= 0.3 is 0 Å². The average molecular weight is 477 g/mol. The van der Waals surface area contributed by atoms with E-state index in [0.717, 1.165) is 28.1 Å². The van der Waals surface area contributed by atoms with Crippen molar-refractivity contribution in [2.45, 2.75) is 39.2 Å². The van der Waals surface area contributed by atoms with E-state index in [1.807, 2.05) is 30.9 Å². The summed E-state index contributed by atoms with van der Waals surface area (Å²) in [6.07, 6.45) is 0.644. The number of anilines is 4. The molecule has 1 amide bonds. The van der Waals surface area contributed by atoms with Gasteiger partial charge in [0.05, 0.1) is 29.7 Å². The summed E-state index contributed by atoms with van der Waals surface area (Å²) in [6, 6.07) is 10.6. The monoisotopic (exact) mass is 476 g/mol. The van der Waals surface area contributed by atoms with Crippen LogP contribution in [0, 0.1) is 13.8 Å². The molecule has 2 unspecified atom stereocenters. The Labute approximate surface area is 203 Å². The Bertz CT molecular complexity index is 1260. The topological polar surface area (TPSA) is 125 Å². The summed E-state index contributed by atoms with van der Waals surface area (Å²) in [6.45, 7) is 5.49. The molecule has 2 aromatic carbocycles. The van der Waals surface area contributed by atoms with Gasteiger partial charge in [-0.15, -0.1) is 0 Å². The zero-order valence-corrected chi connectivity index (χ0v) is 19.8. The zero-order valence-electron chi connectivity index (χ0n) is 19.8. The smallest absolute Gasteiger partial charge is 0.254 e. The van der Waals surface area contributed by atoms with Crippen LogP contribution < -0.4 is 22.3 Å². The second kappa shape index (κ2) is 9.12. The number of nitrogen functional groups attached to an aromatic ring is 2. The highest BCUT2D eigenvalue weighted by Gasteiger charge is 2.41. The molecule has 3 aromatic rings. The Kier molecular flexibility index (Phi) is 6.00. The molecule has 3 heterocycles. The number of halogens is 1. The van der Waals surface area contributed by atoms with Gasteiger partial charge in [-0.05, 0) is 55.3 Å². The maximum absolute atomic E-state index is 15.1. The van der Waals surface area contributed by atoms with Gasteiger partial charge < -0.3 is 21.4 Å². The molecule has 2 atom stereocenters. The van der Waals surface area contributed by atoms with Crippen molar-refractivity contribution in [3.8, 4) is 0 Å². The summed E-state index contributed by atoms with van der Waals surface area (Å²) in [5.74, 6) is 5.68. The van der Waals surface area contributed by atoms with E-state index in [1.165, 1.54) is 0 Å². The van der Waals surface area contributed by atoms with Crippen molar-refractivity contribution in [2.75, 3.05) is 29.6 Å². The van der Waals surface area contributed by atoms with Gasteiger partial charge in [0, 0.05) is 42.6 Å². The first kappa shape index (κ1) is 23.0. The van der Waals surface area contributed by atoms with Crippen molar-refractivity contribution < 1.29 is 9.18 Å². The number of fused-ring (bicyclic) bond motifs is 1. The third-order valence-electron chi connectivity index (χ3n) is 6.59. The highest BCUT2D eigenvalue weighted by molar-refractivity contribution is 5.96. The fraction of sp³-hybridized carbons (Fsp3) is 0.320. The second-order valence-electron chi connectivity index (χ2n) is 9.31. The predicted molar refractivity (Wildman–Crippen MR) is 134 cm³/mol. The third kappa shape index (κ3) is 4.62. The normalized spacial score (nSPS) is 19.6. The van der Waals surface area contributed by atoms with Gasteiger partial charge in [-0.1, -0.05) is 6.07 Å². The van der Waals surface area contributed by atoms with Gasteiger partial charge in [-0.2, -0.15) is 0 Å². The fourth-order valence-corrected chi connectivity index (χ4v) is 4.92.